The molecule has 1 heterocycles. The van der Waals surface area contributed by atoms with Crippen molar-refractivity contribution in [3.63, 3.8) is 0 Å². The number of nitrogens with one attached hydrogen (secondary N) is 1. The summed E-state index contributed by atoms with van der Waals surface area (Å²) in [6.45, 7) is 0. The smallest absolute Gasteiger partial charge is 0.341 e. The van der Waals surface area contributed by atoms with Crippen LogP contribution in [0.4, 0.5) is 0 Å². The van der Waals surface area contributed by atoms with Crippen LogP contribution < -0.4 is 5.48 Å². The molecule has 0 amide bonds. The summed E-state index contributed by atoms with van der Waals surface area (Å²) in [7, 11) is 3.28. The molecule has 6 nitrogen and oxygen atoms in total. The van der Waals surface area contributed by atoms with E-state index in [1.165, 1.54) is 0 Å². The number of carboxylic acid groups (broad SMARTS) is 1. The lowest BCUT2D eigenvalue weighted by Gasteiger charge is -1.98. The van der Waals surface area contributed by atoms with Crippen LogP contribution in [-0.4, -0.2) is 30.4 Å². The van der Waals surface area contributed by atoms with Crippen LogP contribution in [0.2, 0.25) is 0 Å². The maximum Gasteiger partial charge on any atom is 0.341 e. The Labute approximate surface area is 122 Å². The van der Waals surface area contributed by atoms with Gasteiger partial charge >= 0.3 is 5.97 Å². The number of rotatable bonds is 4. The van der Waals surface area contributed by atoms with Crippen LogP contribution in [0.5, 0.6) is 0 Å². The summed E-state index contributed by atoms with van der Waals surface area (Å²) in [6, 6.07) is 9.26. The Morgan fingerprint density at radius 2 is 2.00 bits per heavy atom. The molecule has 0 atom stereocenters. The number of carboxylic acids is 1. The van der Waals surface area contributed by atoms with Gasteiger partial charge < -0.3 is 14.5 Å². The molecule has 1 aliphatic carbocycles. The average molecular weight is 290 g/mol. The summed E-state index contributed by atoms with van der Waals surface area (Å²) < 4.78 is 5.20. The minimum Gasteiger partial charge on any atom is -0.477 e. The first kappa shape index (κ1) is 15.2. The molecular formula is C15H18N2O4. The van der Waals surface area contributed by atoms with Gasteiger partial charge in [-0.25, -0.2) is 10.3 Å². The quantitative estimate of drug-likeness (QED) is 0.842. The zero-order chi connectivity index (χ0) is 15.2. The zero-order valence-electron chi connectivity index (χ0n) is 12.0. The maximum atomic E-state index is 11.3. The van der Waals surface area contributed by atoms with Gasteiger partial charge in [-0.2, -0.15) is 0 Å². The number of hydroxylamine groups is 1. The Morgan fingerprint density at radius 3 is 2.48 bits per heavy atom. The molecule has 2 aromatic rings. The topological polar surface area (TPSA) is 84.6 Å². The van der Waals surface area contributed by atoms with Crippen LogP contribution in [0.3, 0.4) is 0 Å². The van der Waals surface area contributed by atoms with Gasteiger partial charge in [-0.3, -0.25) is 0 Å². The highest BCUT2D eigenvalue weighted by molar-refractivity contribution is 5.96. The highest BCUT2D eigenvalue weighted by Crippen LogP contribution is 2.43. The Hall–Kier alpha value is -2.18. The molecule has 1 fully saturated rings. The van der Waals surface area contributed by atoms with E-state index in [0.717, 1.165) is 18.4 Å². The SMILES string of the molecule is CNOC.O=C(O)c1c(-c2ccccc2)noc1C1CC1. The summed E-state index contributed by atoms with van der Waals surface area (Å²) >= 11 is 0. The molecule has 1 aromatic heterocycles. The highest BCUT2D eigenvalue weighted by Gasteiger charge is 2.35. The third-order valence-electron chi connectivity index (χ3n) is 3.13. The number of nitrogens with zero attached hydrogens (tertiary/aromatic N) is 1. The lowest BCUT2D eigenvalue weighted by Crippen LogP contribution is -2.00. The number of hydrogen-bond donors (Lipinski definition) is 2. The predicted octanol–water partition coefficient (Wildman–Crippen LogP) is 2.68. The zero-order valence-corrected chi connectivity index (χ0v) is 12.0. The van der Waals surface area contributed by atoms with Gasteiger partial charge in [0, 0.05) is 18.5 Å². The molecule has 1 saturated carbocycles. The molecule has 6 heteroatoms. The first-order valence-corrected chi connectivity index (χ1v) is 6.67. The van der Waals surface area contributed by atoms with Crippen molar-refractivity contribution in [2.45, 2.75) is 18.8 Å². The van der Waals surface area contributed by atoms with Crippen molar-refractivity contribution in [1.82, 2.24) is 10.6 Å². The van der Waals surface area contributed by atoms with Gasteiger partial charge in [0.15, 0.2) is 5.76 Å². The number of aromatic carboxylic acids is 1. The summed E-state index contributed by atoms with van der Waals surface area (Å²) in [5, 5.41) is 13.2. The summed E-state index contributed by atoms with van der Waals surface area (Å²) in [5.41, 5.74) is 3.86. The summed E-state index contributed by atoms with van der Waals surface area (Å²) in [4.78, 5) is 15.6. The van der Waals surface area contributed by atoms with E-state index in [-0.39, 0.29) is 11.5 Å². The second kappa shape index (κ2) is 7.01. The number of hydrogen-bond acceptors (Lipinski definition) is 5. The molecule has 0 spiro atoms. The Balaban J connectivity index is 0.000000361. The Bertz CT molecular complexity index is 589. The first-order chi connectivity index (χ1) is 10.2. The third kappa shape index (κ3) is 3.68. The van der Waals surface area contributed by atoms with E-state index in [9.17, 15) is 9.90 Å². The van der Waals surface area contributed by atoms with Gasteiger partial charge in [-0.05, 0) is 12.8 Å². The van der Waals surface area contributed by atoms with Gasteiger partial charge in [0.25, 0.3) is 0 Å². The molecule has 0 saturated heterocycles. The van der Waals surface area contributed by atoms with Gasteiger partial charge in [0.1, 0.15) is 11.3 Å². The van der Waals surface area contributed by atoms with E-state index < -0.39 is 5.97 Å². The molecule has 0 unspecified atom stereocenters. The fraction of sp³-hybridized carbons (Fsp3) is 0.333. The van der Waals surface area contributed by atoms with Crippen molar-refractivity contribution in [2.24, 2.45) is 0 Å². The molecule has 3 rings (SSSR count). The van der Waals surface area contributed by atoms with Crippen LogP contribution in [0.25, 0.3) is 11.3 Å². The van der Waals surface area contributed by atoms with Gasteiger partial charge in [0.05, 0.1) is 7.11 Å². The molecule has 0 bridgehead atoms. The lowest BCUT2D eigenvalue weighted by molar-refractivity contribution is 0.0695. The van der Waals surface area contributed by atoms with Gasteiger partial charge in [-0.15, -0.1) is 0 Å². The van der Waals surface area contributed by atoms with Crippen molar-refractivity contribution in [3.05, 3.63) is 41.7 Å². The molecule has 1 aromatic carbocycles. The Kier molecular flexibility index (Phi) is 5.08. The van der Waals surface area contributed by atoms with Gasteiger partial charge in [-0.1, -0.05) is 35.5 Å². The molecule has 112 valence electrons. The minimum absolute atomic E-state index is 0.221. The van der Waals surface area contributed by atoms with Crippen LogP contribution in [-0.2, 0) is 4.84 Å². The van der Waals surface area contributed by atoms with Gasteiger partial charge in [0.2, 0.25) is 0 Å². The van der Waals surface area contributed by atoms with E-state index in [4.69, 9.17) is 4.52 Å². The predicted molar refractivity (Wildman–Crippen MR) is 76.9 cm³/mol. The number of aromatic nitrogens is 1. The lowest BCUT2D eigenvalue weighted by atomic mass is 10.0. The monoisotopic (exact) mass is 290 g/mol. The third-order valence-corrected chi connectivity index (χ3v) is 3.13. The van der Waals surface area contributed by atoms with Crippen LogP contribution in [0.15, 0.2) is 34.9 Å². The van der Waals surface area contributed by atoms with E-state index in [2.05, 4.69) is 15.5 Å². The van der Waals surface area contributed by atoms with Crippen molar-refractivity contribution in [2.75, 3.05) is 14.2 Å². The summed E-state index contributed by atoms with van der Waals surface area (Å²) in [5.74, 6) is -0.200. The fourth-order valence-corrected chi connectivity index (χ4v) is 1.93. The fourth-order valence-electron chi connectivity index (χ4n) is 1.93. The van der Waals surface area contributed by atoms with E-state index in [1.54, 1.807) is 14.2 Å². The minimum atomic E-state index is -0.966. The average Bonchev–Trinajstić information content (AvgIpc) is 3.26. The van der Waals surface area contributed by atoms with Crippen LogP contribution in [0.1, 0.15) is 34.9 Å². The van der Waals surface area contributed by atoms with Crippen molar-refractivity contribution >= 4 is 5.97 Å². The highest BCUT2D eigenvalue weighted by atomic mass is 16.6. The van der Waals surface area contributed by atoms with E-state index in [1.807, 2.05) is 30.3 Å². The number of benzene rings is 1. The normalized spacial score (nSPS) is 13.4. The molecule has 0 aliphatic heterocycles. The van der Waals surface area contributed by atoms with E-state index in [0.29, 0.717) is 11.5 Å². The largest absolute Gasteiger partial charge is 0.477 e. The first-order valence-electron chi connectivity index (χ1n) is 6.67. The molecule has 0 radical (unpaired) electrons. The second-order valence-corrected chi connectivity index (χ2v) is 4.62. The molecule has 2 N–H and O–H groups in total. The van der Waals surface area contributed by atoms with Crippen LogP contribution in [0, 0.1) is 0 Å². The van der Waals surface area contributed by atoms with Crippen molar-refractivity contribution < 1.29 is 19.3 Å². The molecular weight excluding hydrogens is 272 g/mol. The standard InChI is InChI=1S/C13H11NO3.C2H7NO/c15-13(16)10-11(8-4-2-1-3-5-8)14-17-12(10)9-6-7-9;1-3-4-2/h1-5,9H,6-7H2,(H,15,16);3H,1-2H3. The Morgan fingerprint density at radius 1 is 1.38 bits per heavy atom. The van der Waals surface area contributed by atoms with Crippen molar-refractivity contribution in [1.29, 1.82) is 0 Å². The molecule has 1 aliphatic rings. The van der Waals surface area contributed by atoms with Crippen molar-refractivity contribution in [3.8, 4) is 11.3 Å². The van der Waals surface area contributed by atoms with Crippen LogP contribution >= 0.6 is 0 Å². The molecule has 21 heavy (non-hydrogen) atoms. The maximum absolute atomic E-state index is 11.3. The number of carbonyl (C=O) groups is 1. The van der Waals surface area contributed by atoms with E-state index >= 15 is 0 Å². The summed E-state index contributed by atoms with van der Waals surface area (Å²) in [6.07, 6.45) is 1.98. The second-order valence-electron chi connectivity index (χ2n) is 4.62.